The predicted octanol–water partition coefficient (Wildman–Crippen LogP) is 4.58. The van der Waals surface area contributed by atoms with Crippen LogP contribution in [0.15, 0.2) is 91.0 Å². The van der Waals surface area contributed by atoms with E-state index in [2.05, 4.69) is 93.6 Å². The second-order valence-electron chi connectivity index (χ2n) is 7.73. The Balaban J connectivity index is 1.67. The fraction of sp³-hybridized carbons (Fsp3) is 0.200. The van der Waals surface area contributed by atoms with Gasteiger partial charge in [0.05, 0.1) is 0 Å². The maximum atomic E-state index is 12.4. The number of nitrogens with one attached hydrogen (secondary N) is 1. The number of ether oxygens (including phenoxy) is 1. The van der Waals surface area contributed by atoms with Crippen LogP contribution in [0.4, 0.5) is 4.79 Å². The summed E-state index contributed by atoms with van der Waals surface area (Å²) in [5.74, 6) is 0.0607. The molecular formula is C25H25BrNO3PS. The van der Waals surface area contributed by atoms with Gasteiger partial charge < -0.3 is 0 Å². The van der Waals surface area contributed by atoms with Gasteiger partial charge in [-0.3, -0.25) is 0 Å². The molecule has 166 valence electrons. The monoisotopic (exact) mass is 529 g/mol. The van der Waals surface area contributed by atoms with Gasteiger partial charge in [-0.15, -0.1) is 0 Å². The van der Waals surface area contributed by atoms with Crippen LogP contribution in [-0.2, 0) is 9.53 Å². The Morgan fingerprint density at radius 2 is 1.38 bits per heavy atom. The molecule has 1 N–H and O–H groups in total. The summed E-state index contributed by atoms with van der Waals surface area (Å²) in [6.45, 7) is 0.297. The second-order valence-corrected chi connectivity index (χ2v) is 17.8. The molecule has 1 saturated heterocycles. The SMILES string of the molecule is O=C1NC(C(=O)OCCCP(Br)(c2ccccc2)(c2ccccc2)c2ccccc2)CS1. The maximum absolute atomic E-state index is 12.4. The number of hydrogen-bond donors (Lipinski definition) is 1. The van der Waals surface area contributed by atoms with Crippen LogP contribution >= 0.6 is 32.6 Å². The van der Waals surface area contributed by atoms with Crippen LogP contribution in [0.5, 0.6) is 0 Å². The first-order valence-electron chi connectivity index (χ1n) is 10.5. The standard InChI is InChI=1S/C25H25BrNO3PS/c26-31(20-11-4-1-5-12-20,21-13-6-2-7-14-21,22-15-8-3-9-16-22)18-10-17-30-24(28)23-19-32-25(29)27-23/h1-9,11-16,23H,10,17-19H2,(H,27,29). The van der Waals surface area contributed by atoms with Crippen LogP contribution in [0.3, 0.4) is 0 Å². The molecular weight excluding hydrogens is 505 g/mol. The molecule has 1 amide bonds. The topological polar surface area (TPSA) is 55.4 Å². The Hall–Kier alpha value is -2.14. The Labute approximate surface area is 200 Å². The van der Waals surface area contributed by atoms with Gasteiger partial charge in [0.25, 0.3) is 0 Å². The number of benzene rings is 3. The molecule has 32 heavy (non-hydrogen) atoms. The van der Waals surface area contributed by atoms with Crippen LogP contribution in [0.1, 0.15) is 6.42 Å². The number of hydrogen-bond acceptors (Lipinski definition) is 4. The molecule has 7 heteroatoms. The molecule has 4 nitrogen and oxygen atoms in total. The van der Waals surface area contributed by atoms with Crippen LogP contribution < -0.4 is 21.2 Å². The van der Waals surface area contributed by atoms with Gasteiger partial charge in [-0.25, -0.2) is 0 Å². The molecule has 3 aromatic rings. The second kappa shape index (κ2) is 9.78. The zero-order chi connectivity index (χ0) is 22.5. The molecule has 0 aliphatic carbocycles. The van der Waals surface area contributed by atoms with Crippen LogP contribution in [0.25, 0.3) is 0 Å². The van der Waals surface area contributed by atoms with Gasteiger partial charge in [-0.2, -0.15) is 0 Å². The van der Waals surface area contributed by atoms with E-state index in [1.165, 1.54) is 15.9 Å². The van der Waals surface area contributed by atoms with Crippen LogP contribution in [0, 0.1) is 0 Å². The van der Waals surface area contributed by atoms with Crippen molar-refractivity contribution in [1.29, 1.82) is 0 Å². The van der Waals surface area contributed by atoms with E-state index in [0.717, 1.165) is 17.9 Å². The number of carbonyl (C=O) groups excluding carboxylic acids is 2. The molecule has 0 bridgehead atoms. The summed E-state index contributed by atoms with van der Waals surface area (Å²) in [4.78, 5) is 23.7. The van der Waals surface area contributed by atoms with E-state index in [4.69, 9.17) is 4.74 Å². The summed E-state index contributed by atoms with van der Waals surface area (Å²) in [5, 5.41) is 3.18. The minimum atomic E-state index is -3.01. The van der Waals surface area contributed by atoms with Crippen molar-refractivity contribution in [1.82, 2.24) is 5.32 Å². The molecule has 1 atom stereocenters. The zero-order valence-electron chi connectivity index (χ0n) is 17.5. The van der Waals surface area contributed by atoms with Crippen molar-refractivity contribution in [3.05, 3.63) is 91.0 Å². The van der Waals surface area contributed by atoms with Crippen molar-refractivity contribution in [2.75, 3.05) is 18.5 Å². The van der Waals surface area contributed by atoms with Gasteiger partial charge in [0, 0.05) is 0 Å². The van der Waals surface area contributed by atoms with Gasteiger partial charge in [-0.1, -0.05) is 0 Å². The van der Waals surface area contributed by atoms with Crippen LogP contribution in [-0.4, -0.2) is 35.8 Å². The quantitative estimate of drug-likeness (QED) is 0.263. The molecule has 1 heterocycles. The van der Waals surface area contributed by atoms with Gasteiger partial charge in [-0.05, 0) is 0 Å². The number of esters is 1. The molecule has 0 radical (unpaired) electrons. The Bertz CT molecular complexity index is 983. The van der Waals surface area contributed by atoms with E-state index in [0.29, 0.717) is 18.8 Å². The Morgan fingerprint density at radius 3 is 1.78 bits per heavy atom. The van der Waals surface area contributed by atoms with Gasteiger partial charge >= 0.3 is 201 Å². The zero-order valence-corrected chi connectivity index (χ0v) is 20.8. The third-order valence-corrected chi connectivity index (χ3v) is 16.7. The molecule has 1 fully saturated rings. The van der Waals surface area contributed by atoms with Gasteiger partial charge in [0.15, 0.2) is 0 Å². The molecule has 0 aromatic heterocycles. The van der Waals surface area contributed by atoms with E-state index < -0.39 is 11.3 Å². The van der Waals surface area contributed by atoms with E-state index >= 15 is 0 Å². The number of amides is 1. The predicted molar refractivity (Wildman–Crippen MR) is 139 cm³/mol. The fourth-order valence-corrected chi connectivity index (χ4v) is 12.6. The first kappa shape index (κ1) is 23.0. The van der Waals surface area contributed by atoms with E-state index in [1.807, 2.05) is 18.2 Å². The average molecular weight is 530 g/mol. The number of thioether (sulfide) groups is 1. The van der Waals surface area contributed by atoms with Crippen LogP contribution in [0.2, 0.25) is 0 Å². The molecule has 0 saturated carbocycles. The average Bonchev–Trinajstić information content (AvgIpc) is 3.30. The number of halogens is 1. The summed E-state index contributed by atoms with van der Waals surface area (Å²) in [6.07, 6.45) is 1.48. The molecule has 1 unspecified atom stereocenters. The summed E-state index contributed by atoms with van der Waals surface area (Å²) < 4.78 is 5.56. The summed E-state index contributed by atoms with van der Waals surface area (Å²) in [5.41, 5.74) is 0. The molecule has 3 aromatic carbocycles. The van der Waals surface area contributed by atoms with Gasteiger partial charge in [0.1, 0.15) is 0 Å². The summed E-state index contributed by atoms with van der Waals surface area (Å²) in [7, 11) is 0. The van der Waals surface area contributed by atoms with Crippen molar-refractivity contribution in [2.45, 2.75) is 12.5 Å². The van der Waals surface area contributed by atoms with E-state index in [9.17, 15) is 9.59 Å². The van der Waals surface area contributed by atoms with Crippen molar-refractivity contribution < 1.29 is 14.3 Å². The molecule has 4 rings (SSSR count). The molecule has 1 aliphatic rings. The van der Waals surface area contributed by atoms with Crippen molar-refractivity contribution >= 4 is 59.7 Å². The van der Waals surface area contributed by atoms with E-state index in [1.54, 1.807) is 0 Å². The Kier molecular flexibility index (Phi) is 7.04. The molecule has 1 aliphatic heterocycles. The molecule has 0 spiro atoms. The van der Waals surface area contributed by atoms with Crippen molar-refractivity contribution in [2.24, 2.45) is 0 Å². The summed E-state index contributed by atoms with van der Waals surface area (Å²) in [6, 6.07) is 31.1. The first-order chi connectivity index (χ1) is 15.5. The third kappa shape index (κ3) is 4.36. The fourth-order valence-electron chi connectivity index (χ4n) is 4.20. The summed E-state index contributed by atoms with van der Waals surface area (Å²) >= 11 is 5.51. The van der Waals surface area contributed by atoms with Crippen molar-refractivity contribution in [3.8, 4) is 0 Å². The minimum absolute atomic E-state index is 0.172. The van der Waals surface area contributed by atoms with E-state index in [-0.39, 0.29) is 11.2 Å². The van der Waals surface area contributed by atoms with Crippen molar-refractivity contribution in [3.63, 3.8) is 0 Å². The Morgan fingerprint density at radius 1 is 0.906 bits per heavy atom. The third-order valence-electron chi connectivity index (χ3n) is 5.81. The van der Waals surface area contributed by atoms with Gasteiger partial charge in [0.2, 0.25) is 0 Å². The number of rotatable bonds is 8. The first-order valence-corrected chi connectivity index (χ1v) is 15.9. The number of carbonyl (C=O) groups is 2. The normalized spacial score (nSPS) is 17.2.